The lowest BCUT2D eigenvalue weighted by molar-refractivity contribution is 0.480. The van der Waals surface area contributed by atoms with Crippen LogP contribution in [-0.2, 0) is 5.75 Å². The maximum absolute atomic E-state index is 4.47. The second-order valence-corrected chi connectivity index (χ2v) is 7.12. The van der Waals surface area contributed by atoms with Crippen molar-refractivity contribution in [3.63, 3.8) is 0 Å². The first-order valence-electron chi connectivity index (χ1n) is 6.85. The van der Waals surface area contributed by atoms with Crippen LogP contribution >= 0.6 is 23.1 Å². The van der Waals surface area contributed by atoms with Crippen molar-refractivity contribution in [1.29, 1.82) is 0 Å². The summed E-state index contributed by atoms with van der Waals surface area (Å²) in [7, 11) is 0. The highest BCUT2D eigenvalue weighted by Crippen LogP contribution is 2.31. The average molecular weight is 306 g/mol. The van der Waals surface area contributed by atoms with Crippen molar-refractivity contribution in [1.82, 2.24) is 15.3 Å². The SMILES string of the molecule is c1cc(CSc2cnc(N[C@@H]3CCCNC3)s2)ccn1. The van der Waals surface area contributed by atoms with E-state index in [2.05, 4.69) is 32.7 Å². The second-order valence-electron chi connectivity index (χ2n) is 4.82. The summed E-state index contributed by atoms with van der Waals surface area (Å²) in [4.78, 5) is 8.50. The first-order chi connectivity index (χ1) is 9.90. The minimum atomic E-state index is 0.521. The number of anilines is 1. The number of aromatic nitrogens is 2. The molecule has 0 saturated carbocycles. The Bertz CT molecular complexity index is 523. The van der Waals surface area contributed by atoms with E-state index in [1.165, 1.54) is 22.6 Å². The van der Waals surface area contributed by atoms with Crippen LogP contribution in [0.1, 0.15) is 18.4 Å². The van der Waals surface area contributed by atoms with Crippen LogP contribution in [-0.4, -0.2) is 29.1 Å². The molecule has 0 aliphatic carbocycles. The molecule has 0 amide bonds. The zero-order chi connectivity index (χ0) is 13.6. The van der Waals surface area contributed by atoms with Gasteiger partial charge in [-0.3, -0.25) is 4.98 Å². The number of thiazole rings is 1. The minimum absolute atomic E-state index is 0.521. The Hall–Kier alpha value is -1.11. The molecular weight excluding hydrogens is 288 g/mol. The maximum atomic E-state index is 4.47. The van der Waals surface area contributed by atoms with E-state index >= 15 is 0 Å². The smallest absolute Gasteiger partial charge is 0.183 e. The van der Waals surface area contributed by atoms with Crippen LogP contribution in [0.4, 0.5) is 5.13 Å². The van der Waals surface area contributed by atoms with Gasteiger partial charge in [0, 0.05) is 30.7 Å². The molecular formula is C14H18N4S2. The van der Waals surface area contributed by atoms with Gasteiger partial charge in [0.2, 0.25) is 0 Å². The lowest BCUT2D eigenvalue weighted by Crippen LogP contribution is -2.38. The molecule has 6 heteroatoms. The Morgan fingerprint density at radius 3 is 3.10 bits per heavy atom. The Morgan fingerprint density at radius 1 is 1.40 bits per heavy atom. The van der Waals surface area contributed by atoms with Crippen molar-refractivity contribution in [2.24, 2.45) is 0 Å². The summed E-state index contributed by atoms with van der Waals surface area (Å²) in [6, 6.07) is 4.63. The third kappa shape index (κ3) is 3.94. The number of thioether (sulfide) groups is 1. The molecule has 1 fully saturated rings. The summed E-state index contributed by atoms with van der Waals surface area (Å²) in [6.45, 7) is 2.18. The number of nitrogens with one attached hydrogen (secondary N) is 2. The van der Waals surface area contributed by atoms with Gasteiger partial charge in [-0.2, -0.15) is 0 Å². The second kappa shape index (κ2) is 7.06. The van der Waals surface area contributed by atoms with E-state index in [9.17, 15) is 0 Å². The molecule has 1 atom stereocenters. The van der Waals surface area contributed by atoms with Crippen molar-refractivity contribution in [2.45, 2.75) is 28.8 Å². The maximum Gasteiger partial charge on any atom is 0.183 e. The number of piperidine rings is 1. The highest BCUT2D eigenvalue weighted by Gasteiger charge is 2.14. The average Bonchev–Trinajstić information content (AvgIpc) is 2.95. The van der Waals surface area contributed by atoms with E-state index < -0.39 is 0 Å². The van der Waals surface area contributed by atoms with Crippen molar-refractivity contribution >= 4 is 28.2 Å². The Morgan fingerprint density at radius 2 is 2.30 bits per heavy atom. The Balaban J connectivity index is 1.51. The standard InChI is InChI=1S/C14H18N4S2/c1-2-12(8-16-5-1)18-14-17-9-13(20-14)19-10-11-3-6-15-7-4-11/h3-4,6-7,9,12,16H,1-2,5,8,10H2,(H,17,18)/t12-/m1/s1. The van der Waals surface area contributed by atoms with Crippen LogP contribution in [0.3, 0.4) is 0 Å². The number of hydrogen-bond acceptors (Lipinski definition) is 6. The molecule has 2 aromatic rings. The molecule has 3 heterocycles. The number of hydrogen-bond donors (Lipinski definition) is 2. The fourth-order valence-electron chi connectivity index (χ4n) is 2.18. The van der Waals surface area contributed by atoms with Gasteiger partial charge in [-0.15, -0.1) is 11.8 Å². The van der Waals surface area contributed by atoms with E-state index in [4.69, 9.17) is 0 Å². The molecule has 1 aliphatic heterocycles. The molecule has 1 saturated heterocycles. The fraction of sp³-hybridized carbons (Fsp3) is 0.429. The Kier molecular flexibility index (Phi) is 4.89. The number of pyridine rings is 1. The first-order valence-corrected chi connectivity index (χ1v) is 8.65. The topological polar surface area (TPSA) is 49.8 Å². The largest absolute Gasteiger partial charge is 0.357 e. The predicted molar refractivity (Wildman–Crippen MR) is 85.4 cm³/mol. The van der Waals surface area contributed by atoms with Crippen LogP contribution in [0.25, 0.3) is 0 Å². The van der Waals surface area contributed by atoms with Crippen molar-refractivity contribution in [3.05, 3.63) is 36.3 Å². The molecule has 0 radical (unpaired) electrons. The van der Waals surface area contributed by atoms with Gasteiger partial charge < -0.3 is 10.6 Å². The van der Waals surface area contributed by atoms with Crippen LogP contribution in [0.15, 0.2) is 34.9 Å². The molecule has 20 heavy (non-hydrogen) atoms. The minimum Gasteiger partial charge on any atom is -0.357 e. The normalized spacial score (nSPS) is 18.9. The summed E-state index contributed by atoms with van der Waals surface area (Å²) in [5, 5.41) is 7.97. The van der Waals surface area contributed by atoms with Gasteiger partial charge in [-0.1, -0.05) is 11.3 Å². The lowest BCUT2D eigenvalue weighted by atomic mass is 10.1. The zero-order valence-corrected chi connectivity index (χ0v) is 12.8. The molecule has 0 aromatic carbocycles. The molecule has 0 spiro atoms. The van der Waals surface area contributed by atoms with Gasteiger partial charge in [0.15, 0.2) is 5.13 Å². The molecule has 2 N–H and O–H groups in total. The van der Waals surface area contributed by atoms with Crippen molar-refractivity contribution < 1.29 is 0 Å². The molecule has 0 unspecified atom stereocenters. The zero-order valence-electron chi connectivity index (χ0n) is 11.2. The van der Waals surface area contributed by atoms with Gasteiger partial charge in [0.1, 0.15) is 0 Å². The van der Waals surface area contributed by atoms with E-state index in [-0.39, 0.29) is 0 Å². The monoisotopic (exact) mass is 306 g/mol. The van der Waals surface area contributed by atoms with Crippen LogP contribution in [0.5, 0.6) is 0 Å². The third-order valence-electron chi connectivity index (χ3n) is 3.24. The van der Waals surface area contributed by atoms with E-state index in [1.807, 2.05) is 30.4 Å². The molecule has 0 bridgehead atoms. The van der Waals surface area contributed by atoms with Gasteiger partial charge in [0.05, 0.1) is 10.4 Å². The molecule has 1 aliphatic rings. The van der Waals surface area contributed by atoms with Crippen LogP contribution < -0.4 is 10.6 Å². The molecule has 2 aromatic heterocycles. The fourth-order valence-corrected chi connectivity index (χ4v) is 4.08. The molecule has 106 valence electrons. The highest BCUT2D eigenvalue weighted by atomic mass is 32.2. The summed E-state index contributed by atoms with van der Waals surface area (Å²) in [5.41, 5.74) is 1.30. The number of nitrogens with zero attached hydrogens (tertiary/aromatic N) is 2. The lowest BCUT2D eigenvalue weighted by Gasteiger charge is -2.23. The van der Waals surface area contributed by atoms with Crippen LogP contribution in [0.2, 0.25) is 0 Å². The van der Waals surface area contributed by atoms with Gasteiger partial charge in [0.25, 0.3) is 0 Å². The third-order valence-corrected chi connectivity index (χ3v) is 5.43. The summed E-state index contributed by atoms with van der Waals surface area (Å²) < 4.78 is 1.26. The van der Waals surface area contributed by atoms with Crippen molar-refractivity contribution in [3.8, 4) is 0 Å². The van der Waals surface area contributed by atoms with Gasteiger partial charge in [-0.05, 0) is 37.1 Å². The van der Waals surface area contributed by atoms with Crippen molar-refractivity contribution in [2.75, 3.05) is 18.4 Å². The number of rotatable bonds is 5. The Labute approximate surface area is 127 Å². The van der Waals surface area contributed by atoms with E-state index in [0.717, 1.165) is 24.0 Å². The van der Waals surface area contributed by atoms with Crippen LogP contribution in [0, 0.1) is 0 Å². The first kappa shape index (κ1) is 13.9. The van der Waals surface area contributed by atoms with Gasteiger partial charge >= 0.3 is 0 Å². The van der Waals surface area contributed by atoms with E-state index in [0.29, 0.717) is 6.04 Å². The van der Waals surface area contributed by atoms with Gasteiger partial charge in [-0.25, -0.2) is 4.98 Å². The van der Waals surface area contributed by atoms with E-state index in [1.54, 1.807) is 11.3 Å². The molecule has 3 rings (SSSR count). The molecule has 4 nitrogen and oxygen atoms in total. The summed E-state index contributed by atoms with van der Waals surface area (Å²) in [5.74, 6) is 0.967. The summed E-state index contributed by atoms with van der Waals surface area (Å²) in [6.07, 6.45) is 8.12. The highest BCUT2D eigenvalue weighted by molar-refractivity contribution is 8.00. The summed E-state index contributed by atoms with van der Waals surface area (Å²) >= 11 is 3.57. The quantitative estimate of drug-likeness (QED) is 0.832. The predicted octanol–water partition coefficient (Wildman–Crippen LogP) is 2.99.